The van der Waals surface area contributed by atoms with Crippen LogP contribution in [0.5, 0.6) is 5.75 Å². The number of hydrogen-bond acceptors (Lipinski definition) is 4. The van der Waals surface area contributed by atoms with E-state index in [4.69, 9.17) is 16.3 Å². The molecule has 1 aliphatic heterocycles. The first kappa shape index (κ1) is 21.6. The number of carbonyl (C=O) groups excluding carboxylic acids is 1. The minimum atomic E-state index is -3.75. The number of benzene rings is 2. The molecular formula is C20H24ClN3O4S. The Morgan fingerprint density at radius 3 is 2.66 bits per heavy atom. The van der Waals surface area contributed by atoms with E-state index in [0.717, 1.165) is 11.1 Å². The van der Waals surface area contributed by atoms with Gasteiger partial charge in [0.05, 0.1) is 13.7 Å². The number of nitrogens with one attached hydrogen (secondary N) is 1. The summed E-state index contributed by atoms with van der Waals surface area (Å²) in [5.41, 5.74) is 2.26. The summed E-state index contributed by atoms with van der Waals surface area (Å²) in [6, 6.07) is 12.5. The van der Waals surface area contributed by atoms with E-state index in [-0.39, 0.29) is 13.1 Å². The summed E-state index contributed by atoms with van der Waals surface area (Å²) in [7, 11) is -2.18. The molecule has 156 valence electrons. The normalized spacial score (nSPS) is 17.1. The van der Waals surface area contributed by atoms with Crippen LogP contribution in [0.15, 0.2) is 42.5 Å². The van der Waals surface area contributed by atoms with E-state index in [1.807, 2.05) is 31.2 Å². The van der Waals surface area contributed by atoms with Crippen LogP contribution in [0, 0.1) is 6.92 Å². The molecule has 7 nitrogen and oxygen atoms in total. The monoisotopic (exact) mass is 437 g/mol. The molecule has 9 heteroatoms. The fourth-order valence-electron chi connectivity index (χ4n) is 3.14. The van der Waals surface area contributed by atoms with Crippen molar-refractivity contribution >= 4 is 33.4 Å². The Labute approximate surface area is 176 Å². The van der Waals surface area contributed by atoms with Crippen LogP contribution in [0.4, 0.5) is 5.69 Å². The van der Waals surface area contributed by atoms with Crippen LogP contribution in [-0.2, 0) is 21.5 Å². The van der Waals surface area contributed by atoms with E-state index in [2.05, 4.69) is 5.32 Å². The molecule has 2 aromatic carbocycles. The molecule has 1 saturated heterocycles. The van der Waals surface area contributed by atoms with Crippen molar-refractivity contribution in [2.24, 2.45) is 0 Å². The second kappa shape index (κ2) is 9.13. The van der Waals surface area contributed by atoms with Gasteiger partial charge in [0.1, 0.15) is 5.75 Å². The molecule has 0 atom stereocenters. The number of methoxy groups -OCH3 is 1. The van der Waals surface area contributed by atoms with Gasteiger partial charge in [-0.2, -0.15) is 17.0 Å². The van der Waals surface area contributed by atoms with Crippen LogP contribution < -0.4 is 10.1 Å². The van der Waals surface area contributed by atoms with Crippen LogP contribution >= 0.6 is 11.6 Å². The molecule has 0 aromatic heterocycles. The molecule has 1 N–H and O–H groups in total. The highest BCUT2D eigenvalue weighted by molar-refractivity contribution is 7.86. The van der Waals surface area contributed by atoms with Gasteiger partial charge >= 0.3 is 0 Å². The third-order valence-electron chi connectivity index (χ3n) is 4.74. The maximum absolute atomic E-state index is 13.0. The van der Waals surface area contributed by atoms with Crippen LogP contribution in [0.2, 0.25) is 5.02 Å². The maximum atomic E-state index is 13.0. The minimum Gasteiger partial charge on any atom is -0.497 e. The predicted molar refractivity (Wildman–Crippen MR) is 113 cm³/mol. The van der Waals surface area contributed by atoms with Gasteiger partial charge in [-0.3, -0.25) is 4.79 Å². The SMILES string of the molecule is COc1cccc(CN2CCCN(CC(=O)Nc3ccc(C)c(Cl)c3)S2(=O)=O)c1. The van der Waals surface area contributed by atoms with Crippen molar-refractivity contribution in [2.75, 3.05) is 32.1 Å². The molecular weight excluding hydrogens is 414 g/mol. The molecule has 0 unspecified atom stereocenters. The molecule has 0 radical (unpaired) electrons. The lowest BCUT2D eigenvalue weighted by atomic mass is 10.2. The summed E-state index contributed by atoms with van der Waals surface area (Å²) in [5.74, 6) is 0.265. The van der Waals surface area contributed by atoms with Crippen molar-refractivity contribution in [3.05, 3.63) is 58.6 Å². The van der Waals surface area contributed by atoms with Crippen molar-refractivity contribution in [1.29, 1.82) is 0 Å². The number of anilines is 1. The summed E-state index contributed by atoms with van der Waals surface area (Å²) in [6.07, 6.45) is 0.646. The Morgan fingerprint density at radius 2 is 1.93 bits per heavy atom. The Bertz CT molecular complexity index is 997. The molecule has 2 aromatic rings. The second-order valence-corrected chi connectivity index (χ2v) is 9.23. The van der Waals surface area contributed by atoms with E-state index < -0.39 is 16.1 Å². The molecule has 0 bridgehead atoms. The topological polar surface area (TPSA) is 79.0 Å². The number of rotatable bonds is 6. The number of nitrogens with zero attached hydrogens (tertiary/aromatic N) is 2. The lowest BCUT2D eigenvalue weighted by molar-refractivity contribution is -0.116. The Balaban J connectivity index is 1.67. The zero-order valence-corrected chi connectivity index (χ0v) is 18.0. The molecule has 3 rings (SSSR count). The Kier molecular flexibility index (Phi) is 6.79. The third-order valence-corrected chi connectivity index (χ3v) is 7.07. The van der Waals surface area contributed by atoms with Crippen LogP contribution in [0.3, 0.4) is 0 Å². The van der Waals surface area contributed by atoms with Crippen molar-refractivity contribution in [3.8, 4) is 5.75 Å². The predicted octanol–water partition coefficient (Wildman–Crippen LogP) is 3.05. The van der Waals surface area contributed by atoms with Gasteiger partial charge in [-0.15, -0.1) is 0 Å². The number of aryl methyl sites for hydroxylation is 1. The van der Waals surface area contributed by atoms with Gasteiger partial charge in [0, 0.05) is 30.3 Å². The number of halogens is 1. The highest BCUT2D eigenvalue weighted by Gasteiger charge is 2.34. The quantitative estimate of drug-likeness (QED) is 0.753. The second-order valence-electron chi connectivity index (χ2n) is 6.89. The van der Waals surface area contributed by atoms with Gasteiger partial charge in [0.25, 0.3) is 10.2 Å². The maximum Gasteiger partial charge on any atom is 0.282 e. The summed E-state index contributed by atoms with van der Waals surface area (Å²) in [5, 5.41) is 3.25. The molecule has 0 saturated carbocycles. The summed E-state index contributed by atoms with van der Waals surface area (Å²) in [4.78, 5) is 12.4. The van der Waals surface area contributed by atoms with Gasteiger partial charge in [0.2, 0.25) is 5.91 Å². The third kappa shape index (κ3) is 5.27. The summed E-state index contributed by atoms with van der Waals surface area (Å²) >= 11 is 6.08. The molecule has 29 heavy (non-hydrogen) atoms. The van der Waals surface area contributed by atoms with Crippen molar-refractivity contribution < 1.29 is 17.9 Å². The molecule has 1 amide bonds. The largest absolute Gasteiger partial charge is 0.497 e. The first-order valence-corrected chi connectivity index (χ1v) is 11.0. The van der Waals surface area contributed by atoms with E-state index >= 15 is 0 Å². The number of carbonyl (C=O) groups is 1. The van der Waals surface area contributed by atoms with Crippen molar-refractivity contribution in [1.82, 2.24) is 8.61 Å². The van der Waals surface area contributed by atoms with Crippen LogP contribution in [0.25, 0.3) is 0 Å². The van der Waals surface area contributed by atoms with Crippen molar-refractivity contribution in [3.63, 3.8) is 0 Å². The van der Waals surface area contributed by atoms with Gasteiger partial charge in [-0.25, -0.2) is 0 Å². The Morgan fingerprint density at radius 1 is 1.17 bits per heavy atom. The molecule has 0 aliphatic carbocycles. The van der Waals surface area contributed by atoms with Gasteiger partial charge in [-0.05, 0) is 48.7 Å². The first-order valence-electron chi connectivity index (χ1n) is 9.24. The van der Waals surface area contributed by atoms with E-state index in [9.17, 15) is 13.2 Å². The fourth-order valence-corrected chi connectivity index (χ4v) is 4.96. The van der Waals surface area contributed by atoms with E-state index in [1.54, 1.807) is 25.3 Å². The lowest BCUT2D eigenvalue weighted by Gasteiger charge is -2.34. The molecule has 1 aliphatic rings. The molecule has 1 fully saturated rings. The van der Waals surface area contributed by atoms with E-state index in [1.165, 1.54) is 8.61 Å². The summed E-state index contributed by atoms with van der Waals surface area (Å²) < 4.78 is 33.8. The van der Waals surface area contributed by atoms with Gasteiger partial charge in [-0.1, -0.05) is 29.8 Å². The zero-order chi connectivity index (χ0) is 21.0. The average molecular weight is 438 g/mol. The van der Waals surface area contributed by atoms with Gasteiger partial charge in [0.15, 0.2) is 0 Å². The number of amides is 1. The Hall–Kier alpha value is -2.13. The standard InChI is InChI=1S/C20H24ClN3O4S/c1-15-7-8-17(12-19(15)21)22-20(25)14-24-10-4-9-23(29(24,26)27)13-16-5-3-6-18(11-16)28-2/h3,5-8,11-12H,4,9-10,13-14H2,1-2H3,(H,22,25). The van der Waals surface area contributed by atoms with Gasteiger partial charge < -0.3 is 10.1 Å². The molecule has 0 spiro atoms. The van der Waals surface area contributed by atoms with Crippen LogP contribution in [0.1, 0.15) is 17.5 Å². The zero-order valence-electron chi connectivity index (χ0n) is 16.4. The highest BCUT2D eigenvalue weighted by Crippen LogP contribution is 2.22. The van der Waals surface area contributed by atoms with Crippen LogP contribution in [-0.4, -0.2) is 49.7 Å². The minimum absolute atomic E-state index is 0.227. The van der Waals surface area contributed by atoms with E-state index in [0.29, 0.717) is 36.0 Å². The number of hydrogen-bond donors (Lipinski definition) is 1. The smallest absolute Gasteiger partial charge is 0.282 e. The lowest BCUT2D eigenvalue weighted by Crippen LogP contribution is -2.51. The summed E-state index contributed by atoms with van der Waals surface area (Å²) in [6.45, 7) is 2.56. The first-order chi connectivity index (χ1) is 13.8. The molecule has 1 heterocycles. The number of ether oxygens (including phenoxy) is 1. The fraction of sp³-hybridized carbons (Fsp3) is 0.350. The highest BCUT2D eigenvalue weighted by atomic mass is 35.5. The van der Waals surface area contributed by atoms with Crippen molar-refractivity contribution in [2.45, 2.75) is 19.9 Å². The average Bonchev–Trinajstić information content (AvgIpc) is 2.68.